The predicted molar refractivity (Wildman–Crippen MR) is 149 cm³/mol. The molecule has 1 aliphatic rings. The Kier molecular flexibility index (Phi) is 7.67. The molecule has 5 rings (SSSR count). The molecule has 3 aromatic carbocycles. The highest BCUT2D eigenvalue weighted by molar-refractivity contribution is 7.89. The topological polar surface area (TPSA) is 65.5 Å². The normalized spacial score (nSPS) is 15.9. The molecule has 0 bridgehead atoms. The Bertz CT molecular complexity index is 1400. The summed E-state index contributed by atoms with van der Waals surface area (Å²) in [6.45, 7) is 7.52. The summed E-state index contributed by atoms with van der Waals surface area (Å²) < 4.78 is 34.5. The lowest BCUT2D eigenvalue weighted by Crippen LogP contribution is -2.48. The zero-order valence-electron chi connectivity index (χ0n) is 20.5. The van der Waals surface area contributed by atoms with Gasteiger partial charge < -0.3 is 4.90 Å². The van der Waals surface area contributed by atoms with E-state index in [9.17, 15) is 8.42 Å². The van der Waals surface area contributed by atoms with Gasteiger partial charge in [-0.25, -0.2) is 13.1 Å². The van der Waals surface area contributed by atoms with Crippen LogP contribution in [0.15, 0.2) is 83.8 Å². The summed E-state index contributed by atoms with van der Waals surface area (Å²) in [5.74, 6) is 1.50. The molecule has 0 saturated carbocycles. The summed E-state index contributed by atoms with van der Waals surface area (Å²) in [6.07, 6.45) is 0.800. The smallest absolute Gasteiger partial charge is 0.240 e. The summed E-state index contributed by atoms with van der Waals surface area (Å²) in [6, 6.07) is 25.4. The van der Waals surface area contributed by atoms with Gasteiger partial charge >= 0.3 is 0 Å². The number of anilines is 1. The second-order valence-corrected chi connectivity index (χ2v) is 12.0. The predicted octanol–water partition coefficient (Wildman–Crippen LogP) is 5.09. The van der Waals surface area contributed by atoms with Gasteiger partial charge in [-0.15, -0.1) is 0 Å². The molecule has 4 aromatic rings. The van der Waals surface area contributed by atoms with Crippen molar-refractivity contribution in [3.63, 3.8) is 0 Å². The molecule has 0 amide bonds. The quantitative estimate of drug-likeness (QED) is 0.333. The van der Waals surface area contributed by atoms with Crippen molar-refractivity contribution < 1.29 is 8.42 Å². The van der Waals surface area contributed by atoms with E-state index in [1.165, 1.54) is 10.1 Å². The minimum atomic E-state index is -3.55. The van der Waals surface area contributed by atoms with Crippen molar-refractivity contribution >= 4 is 37.5 Å². The fourth-order valence-electron chi connectivity index (χ4n) is 4.77. The highest BCUT2D eigenvalue weighted by Crippen LogP contribution is 2.30. The lowest BCUT2D eigenvalue weighted by molar-refractivity contribution is 0.220. The van der Waals surface area contributed by atoms with Gasteiger partial charge in [-0.1, -0.05) is 61.5 Å². The van der Waals surface area contributed by atoms with Crippen LogP contribution in [0.3, 0.4) is 0 Å². The minimum absolute atomic E-state index is 0.308. The van der Waals surface area contributed by atoms with Crippen LogP contribution in [0.2, 0.25) is 0 Å². The van der Waals surface area contributed by atoms with E-state index in [1.54, 1.807) is 29.7 Å². The maximum absolute atomic E-state index is 12.9. The van der Waals surface area contributed by atoms with E-state index < -0.39 is 10.0 Å². The standard InChI is InChI=1S/C28H32N4O2S2/c1-22(21-31-16-18-32(19-17-31)28-26-12-5-6-13-27(26)35-30-28)14-15-29-36(33,34)25-11-7-10-24(20-25)23-8-3-2-4-9-23/h2-13,20,22,29H,14-19,21H2,1H3/t22-/m0/s1. The van der Waals surface area contributed by atoms with Crippen molar-refractivity contribution in [2.24, 2.45) is 5.92 Å². The first kappa shape index (κ1) is 24.9. The van der Waals surface area contributed by atoms with Crippen molar-refractivity contribution in [3.8, 4) is 11.1 Å². The first-order valence-corrected chi connectivity index (χ1v) is 14.7. The molecule has 1 atom stereocenters. The van der Waals surface area contributed by atoms with Gasteiger partial charge in [-0.2, -0.15) is 4.37 Å². The van der Waals surface area contributed by atoms with Gasteiger partial charge in [0.15, 0.2) is 0 Å². The monoisotopic (exact) mass is 520 g/mol. The number of fused-ring (bicyclic) bond motifs is 1. The zero-order valence-corrected chi connectivity index (χ0v) is 22.1. The molecular weight excluding hydrogens is 488 g/mol. The lowest BCUT2D eigenvalue weighted by Gasteiger charge is -2.36. The highest BCUT2D eigenvalue weighted by atomic mass is 32.2. The lowest BCUT2D eigenvalue weighted by atomic mass is 10.1. The van der Waals surface area contributed by atoms with Gasteiger partial charge in [0.25, 0.3) is 0 Å². The van der Waals surface area contributed by atoms with E-state index >= 15 is 0 Å². The fraction of sp³-hybridized carbons (Fsp3) is 0.321. The third kappa shape index (κ3) is 5.78. The molecule has 2 heterocycles. The molecule has 0 unspecified atom stereocenters. The number of hydrogen-bond donors (Lipinski definition) is 1. The Balaban J connectivity index is 1.09. The third-order valence-corrected chi connectivity index (χ3v) is 9.06. The van der Waals surface area contributed by atoms with Gasteiger partial charge in [-0.3, -0.25) is 4.90 Å². The van der Waals surface area contributed by atoms with Gasteiger partial charge in [0.2, 0.25) is 10.0 Å². The molecule has 1 saturated heterocycles. The number of hydrogen-bond acceptors (Lipinski definition) is 6. The Morgan fingerprint density at radius 1 is 0.917 bits per heavy atom. The van der Waals surface area contributed by atoms with Crippen LogP contribution in [-0.2, 0) is 10.0 Å². The summed E-state index contributed by atoms with van der Waals surface area (Å²) >= 11 is 1.57. The maximum atomic E-state index is 12.9. The van der Waals surface area contributed by atoms with Crippen LogP contribution >= 0.6 is 11.5 Å². The molecular formula is C28H32N4O2S2. The molecule has 1 aromatic heterocycles. The SMILES string of the molecule is C[C@@H](CCNS(=O)(=O)c1cccc(-c2ccccc2)c1)CN1CCN(c2nsc3ccccc23)CC1. The zero-order chi connectivity index (χ0) is 25.0. The first-order valence-electron chi connectivity index (χ1n) is 12.5. The van der Waals surface area contributed by atoms with Crippen molar-refractivity contribution in [1.29, 1.82) is 0 Å². The number of nitrogens with one attached hydrogen (secondary N) is 1. The Labute approximate surface area is 217 Å². The molecule has 6 nitrogen and oxygen atoms in total. The van der Waals surface area contributed by atoms with Gasteiger partial charge in [0.05, 0.1) is 9.60 Å². The number of sulfonamides is 1. The van der Waals surface area contributed by atoms with Crippen molar-refractivity contribution in [2.45, 2.75) is 18.2 Å². The summed E-state index contributed by atoms with van der Waals surface area (Å²) in [5.41, 5.74) is 1.91. The number of nitrogens with zero attached hydrogens (tertiary/aromatic N) is 3. The maximum Gasteiger partial charge on any atom is 0.240 e. The van der Waals surface area contributed by atoms with Crippen LogP contribution in [0.5, 0.6) is 0 Å². The van der Waals surface area contributed by atoms with Crippen LogP contribution in [0.25, 0.3) is 21.2 Å². The molecule has 1 aliphatic heterocycles. The molecule has 1 N–H and O–H groups in total. The molecule has 0 radical (unpaired) electrons. The van der Waals surface area contributed by atoms with Crippen LogP contribution < -0.4 is 9.62 Å². The Morgan fingerprint density at radius 3 is 2.44 bits per heavy atom. The van der Waals surface area contributed by atoms with Crippen LogP contribution in [0.4, 0.5) is 5.82 Å². The van der Waals surface area contributed by atoms with E-state index in [0.29, 0.717) is 17.4 Å². The number of benzene rings is 3. The van der Waals surface area contributed by atoms with Gasteiger partial charge in [0.1, 0.15) is 5.82 Å². The highest BCUT2D eigenvalue weighted by Gasteiger charge is 2.22. The van der Waals surface area contributed by atoms with Crippen LogP contribution in [0.1, 0.15) is 13.3 Å². The van der Waals surface area contributed by atoms with Crippen LogP contribution in [-0.4, -0.2) is 57.0 Å². The third-order valence-electron chi connectivity index (χ3n) is 6.78. The van der Waals surface area contributed by atoms with E-state index in [4.69, 9.17) is 4.37 Å². The molecule has 0 aliphatic carbocycles. The summed E-state index contributed by atoms with van der Waals surface area (Å²) in [7, 11) is -3.55. The van der Waals surface area contributed by atoms with E-state index in [1.807, 2.05) is 36.4 Å². The largest absolute Gasteiger partial charge is 0.353 e. The molecule has 188 valence electrons. The minimum Gasteiger partial charge on any atom is -0.353 e. The van der Waals surface area contributed by atoms with Crippen molar-refractivity contribution in [3.05, 3.63) is 78.9 Å². The van der Waals surface area contributed by atoms with Gasteiger partial charge in [-0.05, 0) is 59.3 Å². The van der Waals surface area contributed by atoms with E-state index in [2.05, 4.69) is 45.7 Å². The summed E-state index contributed by atoms with van der Waals surface area (Å²) in [5, 5.41) is 1.24. The fourth-order valence-corrected chi connectivity index (χ4v) is 6.66. The second-order valence-electron chi connectivity index (χ2n) is 9.48. The molecule has 36 heavy (non-hydrogen) atoms. The number of piperazine rings is 1. The summed E-state index contributed by atoms with van der Waals surface area (Å²) in [4.78, 5) is 5.17. The van der Waals surface area contributed by atoms with Crippen LogP contribution in [0, 0.1) is 5.92 Å². The van der Waals surface area contributed by atoms with Crippen molar-refractivity contribution in [1.82, 2.24) is 14.0 Å². The first-order chi connectivity index (χ1) is 17.5. The second kappa shape index (κ2) is 11.1. The Morgan fingerprint density at radius 2 is 1.64 bits per heavy atom. The number of rotatable bonds is 9. The van der Waals surface area contributed by atoms with Crippen molar-refractivity contribution in [2.75, 3.05) is 44.2 Å². The Hall–Kier alpha value is -2.78. The molecule has 0 spiro atoms. The van der Waals surface area contributed by atoms with Gasteiger partial charge in [0, 0.05) is 44.7 Å². The average Bonchev–Trinajstić information content (AvgIpc) is 3.34. The van der Waals surface area contributed by atoms with E-state index in [0.717, 1.165) is 56.1 Å². The number of aromatic nitrogens is 1. The molecule has 8 heteroatoms. The average molecular weight is 521 g/mol. The molecule has 1 fully saturated rings. The van der Waals surface area contributed by atoms with E-state index in [-0.39, 0.29) is 0 Å².